The first kappa shape index (κ1) is 10.9. The van der Waals surface area contributed by atoms with Gasteiger partial charge in [0.05, 0.1) is 6.54 Å². The van der Waals surface area contributed by atoms with Crippen molar-refractivity contribution in [2.75, 3.05) is 13.1 Å². The van der Waals surface area contributed by atoms with E-state index in [0.29, 0.717) is 12.6 Å². The van der Waals surface area contributed by atoms with Crippen molar-refractivity contribution in [2.45, 2.75) is 51.0 Å². The van der Waals surface area contributed by atoms with Gasteiger partial charge in [-0.05, 0) is 18.8 Å². The van der Waals surface area contributed by atoms with E-state index in [1.54, 1.807) is 0 Å². The topological polar surface area (TPSA) is 41.1 Å². The minimum absolute atomic E-state index is 0.162. The van der Waals surface area contributed by atoms with Crippen LogP contribution in [0.15, 0.2) is 0 Å². The maximum Gasteiger partial charge on any atom is 0.234 e. The SMILES string of the molecule is O=C1CNCC(CCC2CCCCC2)N1. The molecule has 1 saturated carbocycles. The highest BCUT2D eigenvalue weighted by Gasteiger charge is 2.20. The second-order valence-electron chi connectivity index (χ2n) is 4.98. The van der Waals surface area contributed by atoms with Crippen molar-refractivity contribution in [3.05, 3.63) is 0 Å². The number of piperazine rings is 1. The predicted octanol–water partition coefficient (Wildman–Crippen LogP) is 1.43. The fourth-order valence-electron chi connectivity index (χ4n) is 2.78. The van der Waals surface area contributed by atoms with Crippen LogP contribution in [0.5, 0.6) is 0 Å². The fraction of sp³-hybridized carbons (Fsp3) is 0.917. The molecule has 2 aliphatic rings. The first-order valence-electron chi connectivity index (χ1n) is 6.34. The van der Waals surface area contributed by atoms with E-state index in [4.69, 9.17) is 0 Å². The minimum Gasteiger partial charge on any atom is -0.351 e. The lowest BCUT2D eigenvalue weighted by Gasteiger charge is -2.27. The smallest absolute Gasteiger partial charge is 0.234 e. The summed E-state index contributed by atoms with van der Waals surface area (Å²) in [6.45, 7) is 1.46. The van der Waals surface area contributed by atoms with Crippen LogP contribution in [-0.4, -0.2) is 25.0 Å². The molecule has 3 nitrogen and oxygen atoms in total. The van der Waals surface area contributed by atoms with E-state index in [1.165, 1.54) is 38.5 Å². The normalized spacial score (nSPS) is 28.8. The lowest BCUT2D eigenvalue weighted by Crippen LogP contribution is -2.52. The van der Waals surface area contributed by atoms with Crippen LogP contribution in [0.4, 0.5) is 0 Å². The summed E-state index contributed by atoms with van der Waals surface area (Å²) in [6.07, 6.45) is 9.54. The maximum absolute atomic E-state index is 11.2. The van der Waals surface area contributed by atoms with Gasteiger partial charge in [0.2, 0.25) is 5.91 Å². The quantitative estimate of drug-likeness (QED) is 0.740. The van der Waals surface area contributed by atoms with Crippen molar-refractivity contribution in [1.82, 2.24) is 10.6 Å². The van der Waals surface area contributed by atoms with Gasteiger partial charge in [0.15, 0.2) is 0 Å². The molecule has 2 fully saturated rings. The van der Waals surface area contributed by atoms with Gasteiger partial charge in [-0.1, -0.05) is 32.1 Å². The van der Waals surface area contributed by atoms with Gasteiger partial charge in [-0.15, -0.1) is 0 Å². The summed E-state index contributed by atoms with van der Waals surface area (Å²) in [5.74, 6) is 1.09. The summed E-state index contributed by atoms with van der Waals surface area (Å²) in [6, 6.07) is 0.383. The van der Waals surface area contributed by atoms with E-state index in [-0.39, 0.29) is 5.91 Å². The highest BCUT2D eigenvalue weighted by atomic mass is 16.2. The van der Waals surface area contributed by atoms with Crippen LogP contribution >= 0.6 is 0 Å². The van der Waals surface area contributed by atoms with Crippen molar-refractivity contribution in [2.24, 2.45) is 5.92 Å². The summed E-state index contributed by atoms with van der Waals surface area (Å²) in [5, 5.41) is 6.21. The molecule has 0 spiro atoms. The zero-order valence-electron chi connectivity index (χ0n) is 9.43. The highest BCUT2D eigenvalue weighted by molar-refractivity contribution is 5.79. The Hall–Kier alpha value is -0.570. The zero-order chi connectivity index (χ0) is 10.5. The predicted molar refractivity (Wildman–Crippen MR) is 60.6 cm³/mol. The summed E-state index contributed by atoms with van der Waals surface area (Å²) < 4.78 is 0. The molecule has 1 aliphatic carbocycles. The monoisotopic (exact) mass is 210 g/mol. The molecule has 1 unspecified atom stereocenters. The molecule has 0 aromatic rings. The molecule has 1 amide bonds. The van der Waals surface area contributed by atoms with Crippen LogP contribution in [0.2, 0.25) is 0 Å². The van der Waals surface area contributed by atoms with Gasteiger partial charge in [-0.25, -0.2) is 0 Å². The first-order chi connectivity index (χ1) is 7.34. The molecule has 0 aromatic carbocycles. The molecule has 2 N–H and O–H groups in total. The van der Waals surface area contributed by atoms with Crippen molar-refractivity contribution in [3.63, 3.8) is 0 Å². The Morgan fingerprint density at radius 3 is 2.67 bits per heavy atom. The number of amides is 1. The van der Waals surface area contributed by atoms with Crippen LogP contribution in [0, 0.1) is 5.92 Å². The van der Waals surface area contributed by atoms with E-state index < -0.39 is 0 Å². The van der Waals surface area contributed by atoms with Gasteiger partial charge in [0.25, 0.3) is 0 Å². The lowest BCUT2D eigenvalue weighted by molar-refractivity contribution is -0.122. The molecule has 1 saturated heterocycles. The van der Waals surface area contributed by atoms with Gasteiger partial charge < -0.3 is 10.6 Å². The molecule has 0 radical (unpaired) electrons. The van der Waals surface area contributed by atoms with Gasteiger partial charge in [0.1, 0.15) is 0 Å². The second kappa shape index (κ2) is 5.50. The zero-order valence-corrected chi connectivity index (χ0v) is 9.43. The van der Waals surface area contributed by atoms with Gasteiger partial charge in [0, 0.05) is 12.6 Å². The summed E-state index contributed by atoms with van der Waals surface area (Å²) in [7, 11) is 0. The number of hydrogen-bond acceptors (Lipinski definition) is 2. The average molecular weight is 210 g/mol. The number of carbonyl (C=O) groups excluding carboxylic acids is 1. The molecular weight excluding hydrogens is 188 g/mol. The van der Waals surface area contributed by atoms with Crippen molar-refractivity contribution >= 4 is 5.91 Å². The third-order valence-corrected chi connectivity index (χ3v) is 3.69. The van der Waals surface area contributed by atoms with Crippen LogP contribution < -0.4 is 10.6 Å². The number of nitrogens with one attached hydrogen (secondary N) is 2. The molecule has 86 valence electrons. The van der Waals surface area contributed by atoms with Gasteiger partial charge in [-0.3, -0.25) is 4.79 Å². The van der Waals surface area contributed by atoms with Gasteiger partial charge >= 0.3 is 0 Å². The Bertz CT molecular complexity index is 212. The highest BCUT2D eigenvalue weighted by Crippen LogP contribution is 2.27. The number of hydrogen-bond donors (Lipinski definition) is 2. The molecule has 1 heterocycles. The van der Waals surface area contributed by atoms with E-state index in [9.17, 15) is 4.79 Å². The van der Waals surface area contributed by atoms with Crippen LogP contribution in [0.3, 0.4) is 0 Å². The Balaban J connectivity index is 1.65. The van der Waals surface area contributed by atoms with Crippen molar-refractivity contribution < 1.29 is 4.79 Å². The average Bonchev–Trinajstić information content (AvgIpc) is 2.28. The Morgan fingerprint density at radius 1 is 1.13 bits per heavy atom. The van der Waals surface area contributed by atoms with Crippen LogP contribution in [-0.2, 0) is 4.79 Å². The molecule has 1 aliphatic heterocycles. The molecule has 3 heteroatoms. The van der Waals surface area contributed by atoms with Gasteiger partial charge in [-0.2, -0.15) is 0 Å². The minimum atomic E-state index is 0.162. The number of carbonyl (C=O) groups is 1. The summed E-state index contributed by atoms with van der Waals surface area (Å²) in [5.41, 5.74) is 0. The standard InChI is InChI=1S/C12H22N2O/c15-12-9-13-8-11(14-12)7-6-10-4-2-1-3-5-10/h10-11,13H,1-9H2,(H,14,15). The van der Waals surface area contributed by atoms with E-state index >= 15 is 0 Å². The molecule has 0 bridgehead atoms. The summed E-state index contributed by atoms with van der Waals surface area (Å²) >= 11 is 0. The Morgan fingerprint density at radius 2 is 1.93 bits per heavy atom. The molecule has 2 rings (SSSR count). The van der Waals surface area contributed by atoms with Crippen molar-refractivity contribution in [3.8, 4) is 0 Å². The number of rotatable bonds is 3. The molecule has 1 atom stereocenters. The van der Waals surface area contributed by atoms with Crippen LogP contribution in [0.25, 0.3) is 0 Å². The molecule has 15 heavy (non-hydrogen) atoms. The Kier molecular flexibility index (Phi) is 4.01. The summed E-state index contributed by atoms with van der Waals surface area (Å²) in [4.78, 5) is 11.2. The molecule has 0 aromatic heterocycles. The third kappa shape index (κ3) is 3.49. The van der Waals surface area contributed by atoms with E-state index in [0.717, 1.165) is 18.9 Å². The molecular formula is C12H22N2O. The maximum atomic E-state index is 11.2. The van der Waals surface area contributed by atoms with E-state index in [2.05, 4.69) is 10.6 Å². The lowest BCUT2D eigenvalue weighted by atomic mass is 9.85. The second-order valence-corrected chi connectivity index (χ2v) is 4.98. The van der Waals surface area contributed by atoms with Crippen molar-refractivity contribution in [1.29, 1.82) is 0 Å². The Labute approximate surface area is 92.0 Å². The first-order valence-corrected chi connectivity index (χ1v) is 6.34. The third-order valence-electron chi connectivity index (χ3n) is 3.69. The largest absolute Gasteiger partial charge is 0.351 e. The fourth-order valence-corrected chi connectivity index (χ4v) is 2.78. The van der Waals surface area contributed by atoms with E-state index in [1.807, 2.05) is 0 Å². The van der Waals surface area contributed by atoms with Crippen LogP contribution in [0.1, 0.15) is 44.9 Å².